The second-order valence-corrected chi connectivity index (χ2v) is 6.77. The zero-order valence-corrected chi connectivity index (χ0v) is 16.4. The molecule has 7 nitrogen and oxygen atoms in total. The number of guanidine groups is 1. The van der Waals surface area contributed by atoms with Crippen molar-refractivity contribution in [3.05, 3.63) is 58.1 Å². The lowest BCUT2D eigenvalue weighted by atomic mass is 10.0. The van der Waals surface area contributed by atoms with Crippen LogP contribution in [0, 0.1) is 0 Å². The van der Waals surface area contributed by atoms with Crippen molar-refractivity contribution in [2.45, 2.75) is 12.5 Å². The molecule has 3 rings (SSSR count). The topological polar surface area (TPSA) is 89.0 Å². The summed E-state index contributed by atoms with van der Waals surface area (Å²) in [5.41, 5.74) is 1.22. The van der Waals surface area contributed by atoms with Crippen LogP contribution in [0.3, 0.4) is 0 Å². The van der Waals surface area contributed by atoms with Crippen LogP contribution in [-0.2, 0) is 4.79 Å². The molecule has 1 aliphatic rings. The van der Waals surface area contributed by atoms with Gasteiger partial charge in [0.1, 0.15) is 11.5 Å². The Morgan fingerprint density at radius 1 is 1.15 bits per heavy atom. The maximum absolute atomic E-state index is 12.6. The zero-order valence-electron chi connectivity index (χ0n) is 14.8. The lowest BCUT2D eigenvalue weighted by Crippen LogP contribution is -2.47. The molecule has 0 saturated heterocycles. The number of aliphatic imine (C=N–C) groups is 1. The molecule has 0 aromatic heterocycles. The molecule has 2 N–H and O–H groups in total. The van der Waals surface area contributed by atoms with Crippen LogP contribution in [0.4, 0.5) is 0 Å². The number of halogens is 1. The van der Waals surface area contributed by atoms with E-state index in [-0.39, 0.29) is 24.3 Å². The third-order valence-electron chi connectivity index (χ3n) is 4.02. The van der Waals surface area contributed by atoms with Crippen molar-refractivity contribution < 1.29 is 19.1 Å². The Hall–Kier alpha value is -2.87. The summed E-state index contributed by atoms with van der Waals surface area (Å²) in [5, 5.41) is 5.23. The van der Waals surface area contributed by atoms with Gasteiger partial charge in [0.15, 0.2) is 0 Å². The number of carbonyl (C=O) groups is 2. The Labute approximate surface area is 164 Å². The molecular formula is C19H18BrN3O4. The van der Waals surface area contributed by atoms with Gasteiger partial charge in [0.05, 0.1) is 26.7 Å². The highest BCUT2D eigenvalue weighted by Crippen LogP contribution is 2.25. The van der Waals surface area contributed by atoms with Crippen molar-refractivity contribution in [1.29, 1.82) is 0 Å². The fourth-order valence-electron chi connectivity index (χ4n) is 2.65. The summed E-state index contributed by atoms with van der Waals surface area (Å²) in [6.07, 6.45) is 0.216. The number of ether oxygens (including phenoxy) is 2. The van der Waals surface area contributed by atoms with E-state index in [9.17, 15) is 9.59 Å². The first kappa shape index (κ1) is 18.9. The number of rotatable bonds is 4. The molecule has 0 bridgehead atoms. The van der Waals surface area contributed by atoms with Gasteiger partial charge in [-0.2, -0.15) is 0 Å². The van der Waals surface area contributed by atoms with E-state index in [0.29, 0.717) is 17.1 Å². The van der Waals surface area contributed by atoms with Gasteiger partial charge in [0.2, 0.25) is 11.9 Å². The van der Waals surface area contributed by atoms with Crippen LogP contribution in [0.5, 0.6) is 11.5 Å². The number of hydrogen-bond acceptors (Lipinski definition) is 5. The SMILES string of the molecule is COc1cc(OC)cc(C(=O)NC2=N[C@@H](c3ccc(Br)cc3)CC(=O)N2)c1. The monoisotopic (exact) mass is 431 g/mol. The highest BCUT2D eigenvalue weighted by atomic mass is 79.9. The molecule has 0 radical (unpaired) electrons. The normalized spacial score (nSPS) is 16.2. The quantitative estimate of drug-likeness (QED) is 0.778. The Morgan fingerprint density at radius 2 is 1.78 bits per heavy atom. The van der Waals surface area contributed by atoms with Crippen LogP contribution in [0.2, 0.25) is 0 Å². The average molecular weight is 432 g/mol. The fourth-order valence-corrected chi connectivity index (χ4v) is 2.92. The van der Waals surface area contributed by atoms with Crippen molar-refractivity contribution in [3.8, 4) is 11.5 Å². The number of methoxy groups -OCH3 is 2. The molecule has 0 saturated carbocycles. The number of nitrogens with zero attached hydrogens (tertiary/aromatic N) is 1. The van der Waals surface area contributed by atoms with E-state index in [2.05, 4.69) is 31.6 Å². The van der Waals surface area contributed by atoms with Gasteiger partial charge in [-0.05, 0) is 29.8 Å². The van der Waals surface area contributed by atoms with Crippen molar-refractivity contribution in [2.24, 2.45) is 4.99 Å². The maximum atomic E-state index is 12.6. The Kier molecular flexibility index (Phi) is 5.75. The van der Waals surface area contributed by atoms with Crippen LogP contribution in [0.1, 0.15) is 28.4 Å². The van der Waals surface area contributed by atoms with Gasteiger partial charge in [0.25, 0.3) is 5.91 Å². The Morgan fingerprint density at radius 3 is 2.37 bits per heavy atom. The molecule has 1 aliphatic heterocycles. The average Bonchev–Trinajstić information content (AvgIpc) is 2.67. The van der Waals surface area contributed by atoms with E-state index in [0.717, 1.165) is 10.0 Å². The molecule has 0 unspecified atom stereocenters. The minimum atomic E-state index is -0.428. The minimum absolute atomic E-state index is 0.117. The number of nitrogens with one attached hydrogen (secondary N) is 2. The third kappa shape index (κ3) is 4.65. The Bertz CT molecular complexity index is 874. The number of hydrogen-bond donors (Lipinski definition) is 2. The van der Waals surface area contributed by atoms with E-state index >= 15 is 0 Å². The van der Waals surface area contributed by atoms with Gasteiger partial charge < -0.3 is 9.47 Å². The predicted octanol–water partition coefficient (Wildman–Crippen LogP) is 2.81. The molecule has 8 heteroatoms. The van der Waals surface area contributed by atoms with E-state index in [4.69, 9.17) is 9.47 Å². The molecule has 2 aromatic rings. The van der Waals surface area contributed by atoms with E-state index in [1.165, 1.54) is 14.2 Å². The number of carbonyl (C=O) groups excluding carboxylic acids is 2. The molecule has 140 valence electrons. The third-order valence-corrected chi connectivity index (χ3v) is 4.55. The molecule has 1 atom stereocenters. The number of benzene rings is 2. The smallest absolute Gasteiger partial charge is 0.258 e. The van der Waals surface area contributed by atoms with Crippen LogP contribution in [-0.4, -0.2) is 32.0 Å². The summed E-state index contributed by atoms with van der Waals surface area (Å²) in [6, 6.07) is 12.0. The first-order valence-corrected chi connectivity index (χ1v) is 8.95. The molecule has 27 heavy (non-hydrogen) atoms. The summed E-state index contributed by atoms with van der Waals surface area (Å²) in [7, 11) is 3.01. The van der Waals surface area contributed by atoms with Crippen LogP contribution in [0.15, 0.2) is 51.9 Å². The van der Waals surface area contributed by atoms with Crippen molar-refractivity contribution >= 4 is 33.7 Å². The van der Waals surface area contributed by atoms with Gasteiger partial charge in [-0.15, -0.1) is 0 Å². The summed E-state index contributed by atoms with van der Waals surface area (Å²) >= 11 is 3.38. The second kappa shape index (κ2) is 8.22. The molecule has 1 heterocycles. The van der Waals surface area contributed by atoms with E-state index < -0.39 is 5.91 Å². The standard InChI is InChI=1S/C19H18BrN3O4/c1-26-14-7-12(8-15(9-14)27-2)18(25)23-19-21-16(10-17(24)22-19)11-3-5-13(20)6-4-11/h3-9,16H,10H2,1-2H3,(H2,21,22,23,24,25)/t16-/m1/s1. The summed E-state index contributed by atoms with van der Waals surface area (Å²) in [5.74, 6) is 0.453. The first-order chi connectivity index (χ1) is 13.0. The molecule has 2 amide bonds. The maximum Gasteiger partial charge on any atom is 0.258 e. The van der Waals surface area contributed by atoms with Crippen molar-refractivity contribution in [1.82, 2.24) is 10.6 Å². The van der Waals surface area contributed by atoms with Crippen molar-refractivity contribution in [2.75, 3.05) is 14.2 Å². The van der Waals surface area contributed by atoms with Crippen LogP contribution < -0.4 is 20.1 Å². The predicted molar refractivity (Wildman–Crippen MR) is 104 cm³/mol. The molecule has 0 fully saturated rings. The first-order valence-electron chi connectivity index (χ1n) is 8.16. The van der Waals surface area contributed by atoms with Crippen molar-refractivity contribution in [3.63, 3.8) is 0 Å². The molecule has 0 aliphatic carbocycles. The van der Waals surface area contributed by atoms with Gasteiger partial charge in [-0.1, -0.05) is 28.1 Å². The molecule has 2 aromatic carbocycles. The van der Waals surface area contributed by atoms with Gasteiger partial charge in [-0.3, -0.25) is 20.2 Å². The lowest BCUT2D eigenvalue weighted by molar-refractivity contribution is -0.120. The summed E-state index contributed by atoms with van der Waals surface area (Å²) in [6.45, 7) is 0. The molecular weight excluding hydrogens is 414 g/mol. The highest BCUT2D eigenvalue weighted by Gasteiger charge is 2.24. The second-order valence-electron chi connectivity index (χ2n) is 5.85. The highest BCUT2D eigenvalue weighted by molar-refractivity contribution is 9.10. The van der Waals surface area contributed by atoms with Gasteiger partial charge in [0, 0.05) is 16.1 Å². The lowest BCUT2D eigenvalue weighted by Gasteiger charge is -2.21. The largest absolute Gasteiger partial charge is 0.497 e. The van der Waals surface area contributed by atoms with E-state index in [1.54, 1.807) is 18.2 Å². The Balaban J connectivity index is 1.82. The van der Waals surface area contributed by atoms with E-state index in [1.807, 2.05) is 24.3 Å². The molecule has 0 spiro atoms. The van der Waals surface area contributed by atoms with Gasteiger partial charge in [-0.25, -0.2) is 4.99 Å². The van der Waals surface area contributed by atoms with Gasteiger partial charge >= 0.3 is 0 Å². The number of amides is 2. The zero-order chi connectivity index (χ0) is 19.4. The van der Waals surface area contributed by atoms with Crippen LogP contribution >= 0.6 is 15.9 Å². The van der Waals surface area contributed by atoms with Crippen LogP contribution in [0.25, 0.3) is 0 Å². The fraction of sp³-hybridized carbons (Fsp3) is 0.211. The summed E-state index contributed by atoms with van der Waals surface area (Å²) < 4.78 is 11.3. The minimum Gasteiger partial charge on any atom is -0.497 e. The summed E-state index contributed by atoms with van der Waals surface area (Å²) in [4.78, 5) is 29.1.